The summed E-state index contributed by atoms with van der Waals surface area (Å²) in [5.74, 6) is -0.508. The summed E-state index contributed by atoms with van der Waals surface area (Å²) >= 11 is 0. The van der Waals surface area contributed by atoms with Crippen molar-refractivity contribution in [2.45, 2.75) is 18.9 Å². The molecule has 2 fully saturated rings. The second-order valence-corrected chi connectivity index (χ2v) is 4.40. The summed E-state index contributed by atoms with van der Waals surface area (Å²) < 4.78 is 5.23. The van der Waals surface area contributed by atoms with Gasteiger partial charge in [0, 0.05) is 19.8 Å². The van der Waals surface area contributed by atoms with Gasteiger partial charge in [-0.05, 0) is 12.8 Å². The van der Waals surface area contributed by atoms with Gasteiger partial charge in [-0.3, -0.25) is 14.4 Å². The zero-order valence-electron chi connectivity index (χ0n) is 9.53. The first-order valence-electron chi connectivity index (χ1n) is 5.68. The van der Waals surface area contributed by atoms with Crippen molar-refractivity contribution < 1.29 is 19.2 Å². The lowest BCUT2D eigenvalue weighted by Gasteiger charge is -2.34. The lowest BCUT2D eigenvalue weighted by molar-refractivity contribution is -0.138. The number of hydrogen-bond acceptors (Lipinski definition) is 5. The molecule has 2 saturated heterocycles. The third-order valence-electron chi connectivity index (χ3n) is 3.37. The molecule has 96 valence electrons. The van der Waals surface area contributed by atoms with Gasteiger partial charge in [0.25, 0.3) is 5.91 Å². The van der Waals surface area contributed by atoms with Gasteiger partial charge in [-0.25, -0.2) is 5.48 Å². The van der Waals surface area contributed by atoms with Crippen molar-refractivity contribution in [3.8, 4) is 0 Å². The van der Waals surface area contributed by atoms with Crippen LogP contribution in [0.1, 0.15) is 12.8 Å². The van der Waals surface area contributed by atoms with E-state index in [1.54, 1.807) is 0 Å². The molecule has 0 spiro atoms. The highest BCUT2D eigenvalue weighted by Gasteiger charge is 2.41. The Hall–Kier alpha value is -1.18. The van der Waals surface area contributed by atoms with Crippen LogP contribution in [0, 0.1) is 5.41 Å². The summed E-state index contributed by atoms with van der Waals surface area (Å²) in [5, 5.41) is 2.68. The van der Waals surface area contributed by atoms with Crippen molar-refractivity contribution in [1.29, 1.82) is 0 Å². The van der Waals surface area contributed by atoms with Crippen LogP contribution in [0.5, 0.6) is 0 Å². The zero-order chi connectivity index (χ0) is 12.3. The maximum absolute atomic E-state index is 12.2. The smallest absolute Gasteiger partial charge is 0.268 e. The second-order valence-electron chi connectivity index (χ2n) is 4.40. The summed E-state index contributed by atoms with van der Waals surface area (Å²) in [6, 6.07) is -0.617. The molecule has 0 saturated carbocycles. The minimum absolute atomic E-state index is 0.154. The van der Waals surface area contributed by atoms with Crippen molar-refractivity contribution in [3.05, 3.63) is 0 Å². The molecular weight excluding hydrogens is 226 g/mol. The summed E-state index contributed by atoms with van der Waals surface area (Å²) in [4.78, 5) is 28.2. The summed E-state index contributed by atoms with van der Waals surface area (Å²) in [5.41, 5.74) is 7.29. The van der Waals surface area contributed by atoms with Crippen molar-refractivity contribution >= 4 is 11.8 Å². The van der Waals surface area contributed by atoms with Crippen molar-refractivity contribution in [2.75, 3.05) is 26.4 Å². The van der Waals surface area contributed by atoms with E-state index in [0.717, 1.165) is 0 Å². The standard InChI is InChI=1S/C10H17N3O4/c11-6-10(1-3-16-4-2-10)9(15)12-7-5-17-13-8(7)14/h7H,1-6,11H2,(H,12,15)(H,13,14)/t7-/m1/s1. The first kappa shape index (κ1) is 12.3. The third kappa shape index (κ3) is 2.41. The Morgan fingerprint density at radius 3 is 2.76 bits per heavy atom. The van der Waals surface area contributed by atoms with Gasteiger partial charge in [0.05, 0.1) is 5.41 Å². The van der Waals surface area contributed by atoms with E-state index >= 15 is 0 Å². The van der Waals surface area contributed by atoms with Gasteiger partial charge < -0.3 is 15.8 Å². The van der Waals surface area contributed by atoms with Crippen LogP contribution in [0.15, 0.2) is 0 Å². The largest absolute Gasteiger partial charge is 0.381 e. The Labute approximate surface area is 99.0 Å². The molecule has 2 aliphatic rings. The van der Waals surface area contributed by atoms with Crippen LogP contribution < -0.4 is 16.5 Å². The number of ether oxygens (including phenoxy) is 1. The van der Waals surface area contributed by atoms with E-state index in [1.165, 1.54) is 0 Å². The van der Waals surface area contributed by atoms with Gasteiger partial charge in [-0.2, -0.15) is 0 Å². The molecule has 7 heteroatoms. The lowest BCUT2D eigenvalue weighted by Crippen LogP contribution is -2.53. The number of nitrogens with one attached hydrogen (secondary N) is 2. The molecular formula is C10H17N3O4. The van der Waals surface area contributed by atoms with E-state index < -0.39 is 11.5 Å². The number of carbonyl (C=O) groups is 2. The number of hydroxylamine groups is 1. The quantitative estimate of drug-likeness (QED) is 0.547. The molecule has 7 nitrogen and oxygen atoms in total. The van der Waals surface area contributed by atoms with Gasteiger partial charge in [-0.15, -0.1) is 0 Å². The molecule has 0 aromatic heterocycles. The van der Waals surface area contributed by atoms with Crippen LogP contribution in [0.25, 0.3) is 0 Å². The highest BCUT2D eigenvalue weighted by atomic mass is 16.7. The summed E-state index contributed by atoms with van der Waals surface area (Å²) in [7, 11) is 0. The van der Waals surface area contributed by atoms with Crippen LogP contribution >= 0.6 is 0 Å². The molecule has 0 aliphatic carbocycles. The Balaban J connectivity index is 1.99. The molecule has 0 aromatic carbocycles. The van der Waals surface area contributed by atoms with Gasteiger partial charge >= 0.3 is 0 Å². The van der Waals surface area contributed by atoms with Crippen LogP contribution in [-0.4, -0.2) is 44.2 Å². The second kappa shape index (κ2) is 4.99. The van der Waals surface area contributed by atoms with Crippen molar-refractivity contribution in [1.82, 2.24) is 10.8 Å². The predicted octanol–water partition coefficient (Wildman–Crippen LogP) is -1.71. The minimum Gasteiger partial charge on any atom is -0.381 e. The fourth-order valence-electron chi connectivity index (χ4n) is 2.05. The SMILES string of the molecule is NCC1(C(=O)N[C@@H]2CONC2=O)CCOCC1. The molecule has 1 atom stereocenters. The van der Waals surface area contributed by atoms with Gasteiger partial charge in [0.2, 0.25) is 5.91 Å². The third-order valence-corrected chi connectivity index (χ3v) is 3.37. The fraction of sp³-hybridized carbons (Fsp3) is 0.800. The number of hydrogen-bond donors (Lipinski definition) is 3. The first-order chi connectivity index (χ1) is 8.18. The molecule has 17 heavy (non-hydrogen) atoms. The average Bonchev–Trinajstić information content (AvgIpc) is 2.76. The average molecular weight is 243 g/mol. The van der Waals surface area contributed by atoms with E-state index in [0.29, 0.717) is 26.1 Å². The van der Waals surface area contributed by atoms with Gasteiger partial charge in [0.1, 0.15) is 12.6 Å². The highest BCUT2D eigenvalue weighted by Crippen LogP contribution is 2.29. The Morgan fingerprint density at radius 1 is 1.53 bits per heavy atom. The molecule has 0 aromatic rings. The van der Waals surface area contributed by atoms with E-state index in [9.17, 15) is 9.59 Å². The normalized spacial score (nSPS) is 27.6. The summed E-state index contributed by atoms with van der Waals surface area (Å²) in [6.07, 6.45) is 1.18. The number of nitrogens with two attached hydrogens (primary N) is 1. The molecule has 0 radical (unpaired) electrons. The maximum Gasteiger partial charge on any atom is 0.268 e. The molecule has 2 amide bonds. The van der Waals surface area contributed by atoms with E-state index in [1.807, 2.05) is 0 Å². The number of rotatable bonds is 3. The van der Waals surface area contributed by atoms with E-state index in [-0.39, 0.29) is 25.0 Å². The monoisotopic (exact) mass is 243 g/mol. The molecule has 2 rings (SSSR count). The van der Waals surface area contributed by atoms with Crippen LogP contribution in [0.4, 0.5) is 0 Å². The van der Waals surface area contributed by atoms with Crippen LogP contribution in [0.3, 0.4) is 0 Å². The Kier molecular flexibility index (Phi) is 3.60. The lowest BCUT2D eigenvalue weighted by atomic mass is 9.79. The first-order valence-corrected chi connectivity index (χ1v) is 5.68. The Morgan fingerprint density at radius 2 is 2.24 bits per heavy atom. The number of amides is 2. The zero-order valence-corrected chi connectivity index (χ0v) is 9.53. The van der Waals surface area contributed by atoms with Crippen molar-refractivity contribution in [2.24, 2.45) is 11.1 Å². The number of carbonyl (C=O) groups excluding carboxylic acids is 2. The molecule has 4 N–H and O–H groups in total. The predicted molar refractivity (Wildman–Crippen MR) is 57.6 cm³/mol. The van der Waals surface area contributed by atoms with Gasteiger partial charge in [-0.1, -0.05) is 0 Å². The molecule has 0 unspecified atom stereocenters. The topological polar surface area (TPSA) is 103 Å². The molecule has 2 heterocycles. The van der Waals surface area contributed by atoms with Crippen molar-refractivity contribution in [3.63, 3.8) is 0 Å². The highest BCUT2D eigenvalue weighted by molar-refractivity contribution is 5.90. The van der Waals surface area contributed by atoms with Gasteiger partial charge in [0.15, 0.2) is 0 Å². The minimum atomic E-state index is -0.617. The maximum atomic E-state index is 12.2. The van der Waals surface area contributed by atoms with E-state index in [4.69, 9.17) is 15.3 Å². The fourth-order valence-corrected chi connectivity index (χ4v) is 2.05. The summed E-state index contributed by atoms with van der Waals surface area (Å²) in [6.45, 7) is 1.47. The van der Waals surface area contributed by atoms with Crippen LogP contribution in [-0.2, 0) is 19.2 Å². The van der Waals surface area contributed by atoms with E-state index in [2.05, 4.69) is 10.8 Å². The molecule has 2 aliphatic heterocycles. The Bertz CT molecular complexity index is 315. The molecule has 0 bridgehead atoms. The van der Waals surface area contributed by atoms with Crippen LogP contribution in [0.2, 0.25) is 0 Å².